The highest BCUT2D eigenvalue weighted by molar-refractivity contribution is 7.80. The van der Waals surface area contributed by atoms with E-state index in [0.29, 0.717) is 0 Å². The highest BCUT2D eigenvalue weighted by atomic mass is 32.1. The van der Waals surface area contributed by atoms with Gasteiger partial charge >= 0.3 is 0 Å². The number of fused-ring (bicyclic) bond motifs is 4. The molecule has 2 aliphatic rings. The van der Waals surface area contributed by atoms with E-state index in [2.05, 4.69) is 170 Å². The molecule has 224 valence electrons. The zero-order chi connectivity index (χ0) is 31.9. The Morgan fingerprint density at radius 1 is 0.600 bits per heavy atom. The van der Waals surface area contributed by atoms with E-state index >= 15 is 0 Å². The largest absolute Gasteiger partial charge is 0.143 e. The lowest BCUT2D eigenvalue weighted by atomic mass is 9.72. The SMILES string of the molecule is CC1=C/C=C\C(c2ccccc2C)=C(C)/C=C/C2(c3cc(S)c(-c4ccccc4C)c(C)c3C)C=C(/C=C\1)c1ccc(C)cc12. The second-order valence-electron chi connectivity index (χ2n) is 12.7. The summed E-state index contributed by atoms with van der Waals surface area (Å²) in [5.74, 6) is 0. The standard InChI is InChI=1S/C44H42S/c1-28-13-12-18-37(36-16-10-8-14-30(36)3)32(5)23-24-44(27-35(21-19-28)39-22-20-29(2)25-41(39)44)40-26-42(45)43(34(7)33(40)6)38-17-11-9-15-31(38)4/h8-27,45H,1-7H3/b18-12-,21-19-,24-23+,28-13-,37-32+. The van der Waals surface area contributed by atoms with Crippen molar-refractivity contribution in [1.82, 2.24) is 0 Å². The number of rotatable bonds is 3. The molecular weight excluding hydrogens is 561 g/mol. The van der Waals surface area contributed by atoms with Gasteiger partial charge in [-0.25, -0.2) is 0 Å². The molecule has 0 aromatic heterocycles. The quantitative estimate of drug-likeness (QED) is 0.222. The first-order chi connectivity index (χ1) is 21.6. The summed E-state index contributed by atoms with van der Waals surface area (Å²) < 4.78 is 0. The number of hydrogen-bond donors (Lipinski definition) is 1. The van der Waals surface area contributed by atoms with Crippen LogP contribution in [-0.4, -0.2) is 0 Å². The molecule has 1 heteroatoms. The molecular formula is C44H42S. The van der Waals surface area contributed by atoms with E-state index in [1.165, 1.54) is 83.5 Å². The van der Waals surface area contributed by atoms with E-state index in [-0.39, 0.29) is 0 Å². The van der Waals surface area contributed by atoms with Crippen molar-refractivity contribution in [2.24, 2.45) is 0 Å². The average Bonchev–Trinajstić information content (AvgIpc) is 3.33. The molecule has 6 rings (SSSR count). The number of aryl methyl sites for hydroxylation is 3. The molecule has 45 heavy (non-hydrogen) atoms. The van der Waals surface area contributed by atoms with Crippen molar-refractivity contribution in [3.05, 3.63) is 183 Å². The van der Waals surface area contributed by atoms with Gasteiger partial charge in [-0.05, 0) is 127 Å². The number of hydrogen-bond acceptors (Lipinski definition) is 1. The summed E-state index contributed by atoms with van der Waals surface area (Å²) in [6.07, 6.45) is 18.4. The highest BCUT2D eigenvalue weighted by Crippen LogP contribution is 2.50. The van der Waals surface area contributed by atoms with Crippen LogP contribution in [0.3, 0.4) is 0 Å². The summed E-state index contributed by atoms with van der Waals surface area (Å²) in [5, 5.41) is 0. The summed E-state index contributed by atoms with van der Waals surface area (Å²) in [7, 11) is 0. The summed E-state index contributed by atoms with van der Waals surface area (Å²) in [6, 6.07) is 26.6. The third-order valence-corrected chi connectivity index (χ3v) is 10.0. The van der Waals surface area contributed by atoms with Crippen molar-refractivity contribution in [1.29, 1.82) is 0 Å². The Labute approximate surface area is 275 Å². The molecule has 0 radical (unpaired) electrons. The number of allylic oxidation sites excluding steroid dienone is 12. The van der Waals surface area contributed by atoms with Crippen molar-refractivity contribution in [2.45, 2.75) is 58.8 Å². The molecule has 0 heterocycles. The molecule has 1 unspecified atom stereocenters. The minimum Gasteiger partial charge on any atom is -0.143 e. The Morgan fingerprint density at radius 3 is 2.00 bits per heavy atom. The van der Waals surface area contributed by atoms with Crippen molar-refractivity contribution in [3.8, 4) is 11.1 Å². The molecule has 0 saturated heterocycles. The van der Waals surface area contributed by atoms with Gasteiger partial charge in [0.15, 0.2) is 0 Å². The van der Waals surface area contributed by atoms with Crippen LogP contribution in [0, 0.1) is 34.6 Å². The first-order valence-corrected chi connectivity index (χ1v) is 16.3. The molecule has 0 saturated carbocycles. The maximum atomic E-state index is 5.19. The van der Waals surface area contributed by atoms with Gasteiger partial charge in [-0.1, -0.05) is 126 Å². The Balaban J connectivity index is 1.68. The van der Waals surface area contributed by atoms with Crippen LogP contribution in [0.1, 0.15) is 63.9 Å². The fourth-order valence-electron chi connectivity index (χ4n) is 6.99. The highest BCUT2D eigenvalue weighted by Gasteiger charge is 2.39. The maximum absolute atomic E-state index is 5.19. The normalized spacial score (nSPS) is 22.7. The van der Waals surface area contributed by atoms with Crippen molar-refractivity contribution < 1.29 is 0 Å². The maximum Gasteiger partial charge on any atom is 0.0584 e. The molecule has 2 bridgehead atoms. The van der Waals surface area contributed by atoms with E-state index in [1.54, 1.807) is 0 Å². The monoisotopic (exact) mass is 602 g/mol. The van der Waals surface area contributed by atoms with Crippen molar-refractivity contribution in [2.75, 3.05) is 0 Å². The van der Waals surface area contributed by atoms with Gasteiger partial charge in [0.05, 0.1) is 5.41 Å². The van der Waals surface area contributed by atoms with Crippen LogP contribution in [0.25, 0.3) is 22.3 Å². The van der Waals surface area contributed by atoms with Gasteiger partial charge in [-0.3, -0.25) is 0 Å². The van der Waals surface area contributed by atoms with Crippen LogP contribution in [0.15, 0.2) is 137 Å². The molecule has 4 aromatic rings. The first kappa shape index (κ1) is 30.7. The minimum atomic E-state index is -0.467. The van der Waals surface area contributed by atoms with E-state index in [4.69, 9.17) is 12.6 Å². The van der Waals surface area contributed by atoms with Crippen LogP contribution >= 0.6 is 12.6 Å². The summed E-state index contributed by atoms with van der Waals surface area (Å²) in [4.78, 5) is 1.01. The van der Waals surface area contributed by atoms with Gasteiger partial charge in [0.1, 0.15) is 0 Å². The van der Waals surface area contributed by atoms with Gasteiger partial charge in [0.2, 0.25) is 0 Å². The third-order valence-electron chi connectivity index (χ3n) is 9.66. The van der Waals surface area contributed by atoms with Crippen LogP contribution in [-0.2, 0) is 5.41 Å². The predicted molar refractivity (Wildman–Crippen MR) is 198 cm³/mol. The molecule has 0 spiro atoms. The zero-order valence-corrected chi connectivity index (χ0v) is 28.4. The number of benzene rings is 4. The van der Waals surface area contributed by atoms with E-state index < -0.39 is 5.41 Å². The lowest BCUT2D eigenvalue weighted by Gasteiger charge is -2.31. The Morgan fingerprint density at radius 2 is 1.29 bits per heavy atom. The molecule has 0 nitrogen and oxygen atoms in total. The third kappa shape index (κ3) is 5.55. The topological polar surface area (TPSA) is 0 Å². The van der Waals surface area contributed by atoms with Crippen molar-refractivity contribution in [3.63, 3.8) is 0 Å². The van der Waals surface area contributed by atoms with Crippen LogP contribution in [0.4, 0.5) is 0 Å². The fraction of sp³-hybridized carbons (Fsp3) is 0.182. The Hall–Kier alpha value is -4.33. The lowest BCUT2D eigenvalue weighted by molar-refractivity contribution is 0.813. The average molecular weight is 603 g/mol. The molecule has 2 aliphatic carbocycles. The second-order valence-corrected chi connectivity index (χ2v) is 13.2. The summed E-state index contributed by atoms with van der Waals surface area (Å²) in [6.45, 7) is 15.5. The molecule has 0 amide bonds. The molecule has 1 atom stereocenters. The molecule has 4 aromatic carbocycles. The van der Waals surface area contributed by atoms with Gasteiger partial charge in [-0.15, -0.1) is 12.6 Å². The van der Waals surface area contributed by atoms with E-state index in [9.17, 15) is 0 Å². The predicted octanol–water partition coefficient (Wildman–Crippen LogP) is 12.0. The smallest absolute Gasteiger partial charge is 0.0584 e. The van der Waals surface area contributed by atoms with Gasteiger partial charge in [0.25, 0.3) is 0 Å². The van der Waals surface area contributed by atoms with Crippen LogP contribution < -0.4 is 0 Å². The molecule has 0 fully saturated rings. The first-order valence-electron chi connectivity index (χ1n) is 15.8. The van der Waals surface area contributed by atoms with Crippen LogP contribution in [0.5, 0.6) is 0 Å². The fourth-order valence-corrected chi connectivity index (χ4v) is 7.41. The summed E-state index contributed by atoms with van der Waals surface area (Å²) >= 11 is 5.19. The van der Waals surface area contributed by atoms with Crippen molar-refractivity contribution >= 4 is 23.8 Å². The molecule has 0 N–H and O–H groups in total. The van der Waals surface area contributed by atoms with Gasteiger partial charge < -0.3 is 0 Å². The lowest BCUT2D eigenvalue weighted by Crippen LogP contribution is -2.23. The minimum absolute atomic E-state index is 0.467. The Bertz CT molecular complexity index is 2020. The van der Waals surface area contributed by atoms with Gasteiger partial charge in [0, 0.05) is 4.90 Å². The second kappa shape index (κ2) is 12.2. The zero-order valence-electron chi connectivity index (χ0n) is 27.5. The number of thiol groups is 1. The van der Waals surface area contributed by atoms with Crippen LogP contribution in [0.2, 0.25) is 0 Å². The Kier molecular flexibility index (Phi) is 8.33. The van der Waals surface area contributed by atoms with E-state index in [0.717, 1.165) is 4.90 Å². The van der Waals surface area contributed by atoms with E-state index in [1.807, 2.05) is 0 Å². The van der Waals surface area contributed by atoms with Gasteiger partial charge in [-0.2, -0.15) is 0 Å². The summed E-state index contributed by atoms with van der Waals surface area (Å²) in [5.41, 5.74) is 18.4. The molecule has 0 aliphatic heterocycles.